The molecule has 0 aliphatic rings. The minimum atomic E-state index is -0.469. The van der Waals surface area contributed by atoms with Gasteiger partial charge in [-0.05, 0) is 12.1 Å². The fourth-order valence-electron chi connectivity index (χ4n) is 1.35. The normalized spacial score (nSPS) is 11.7. The van der Waals surface area contributed by atoms with E-state index in [9.17, 15) is 14.0 Å². The Morgan fingerprint density at radius 3 is 2.74 bits per heavy atom. The molecule has 0 fully saturated rings. The van der Waals surface area contributed by atoms with Crippen molar-refractivity contribution >= 4 is 29.3 Å². The number of benzene rings is 1. The zero-order valence-electron chi connectivity index (χ0n) is 10.8. The zero-order valence-corrected chi connectivity index (χ0v) is 11.6. The van der Waals surface area contributed by atoms with E-state index in [2.05, 4.69) is 10.1 Å². The number of carbonyl (C=O) groups is 2. The van der Waals surface area contributed by atoms with E-state index < -0.39 is 5.82 Å². The maximum absolute atomic E-state index is 13.3. The second kappa shape index (κ2) is 7.78. The van der Waals surface area contributed by atoms with Gasteiger partial charge in [-0.3, -0.25) is 9.59 Å². The first kappa shape index (κ1) is 15.5. The summed E-state index contributed by atoms with van der Waals surface area (Å²) in [5, 5.41) is 2.48. The van der Waals surface area contributed by atoms with E-state index in [1.165, 1.54) is 31.0 Å². The number of amides is 1. The molecule has 19 heavy (non-hydrogen) atoms. The van der Waals surface area contributed by atoms with Crippen molar-refractivity contribution in [3.8, 4) is 0 Å². The van der Waals surface area contributed by atoms with Crippen LogP contribution in [0.15, 0.2) is 24.3 Å². The molecule has 1 rings (SSSR count). The van der Waals surface area contributed by atoms with Crippen LogP contribution in [-0.2, 0) is 14.3 Å². The van der Waals surface area contributed by atoms with Gasteiger partial charge in [-0.2, -0.15) is 11.8 Å². The lowest BCUT2D eigenvalue weighted by molar-refractivity contribution is -0.144. The summed E-state index contributed by atoms with van der Waals surface area (Å²) in [6, 6.07) is 5.97. The van der Waals surface area contributed by atoms with E-state index in [4.69, 9.17) is 0 Å². The highest BCUT2D eigenvalue weighted by molar-refractivity contribution is 8.00. The average molecular weight is 285 g/mol. The molecule has 0 aliphatic carbocycles. The Kier molecular flexibility index (Phi) is 6.35. The van der Waals surface area contributed by atoms with Gasteiger partial charge < -0.3 is 10.1 Å². The summed E-state index contributed by atoms with van der Waals surface area (Å²) in [6.07, 6.45) is 0. The van der Waals surface area contributed by atoms with Gasteiger partial charge >= 0.3 is 5.97 Å². The van der Waals surface area contributed by atoms with Crippen molar-refractivity contribution in [2.45, 2.75) is 6.92 Å². The maximum Gasteiger partial charge on any atom is 0.309 e. The van der Waals surface area contributed by atoms with Crippen LogP contribution >= 0.6 is 11.8 Å². The van der Waals surface area contributed by atoms with Crippen molar-refractivity contribution in [3.05, 3.63) is 30.1 Å². The van der Waals surface area contributed by atoms with Crippen LogP contribution in [0.2, 0.25) is 0 Å². The Bertz CT molecular complexity index is 453. The molecule has 1 aromatic rings. The number of nitrogens with one attached hydrogen (secondary N) is 1. The molecule has 6 heteroatoms. The summed E-state index contributed by atoms with van der Waals surface area (Å²) in [5.74, 6) is -0.693. The Labute approximate surface area is 115 Å². The fourth-order valence-corrected chi connectivity index (χ4v) is 2.21. The number of carbonyl (C=O) groups excluding carboxylic acids is 2. The lowest BCUT2D eigenvalue weighted by Crippen LogP contribution is -2.18. The number of methoxy groups -OCH3 is 1. The van der Waals surface area contributed by atoms with Gasteiger partial charge in [0.15, 0.2) is 0 Å². The molecule has 0 saturated heterocycles. The van der Waals surface area contributed by atoms with E-state index in [0.717, 1.165) is 0 Å². The van der Waals surface area contributed by atoms with Crippen molar-refractivity contribution in [2.75, 3.05) is 23.9 Å². The second-order valence-corrected chi connectivity index (χ2v) is 5.00. The summed E-state index contributed by atoms with van der Waals surface area (Å²) in [5.41, 5.74) is 0.161. The second-order valence-electron chi connectivity index (χ2n) is 3.97. The van der Waals surface area contributed by atoms with Crippen LogP contribution in [0.4, 0.5) is 10.1 Å². The molecule has 1 unspecified atom stereocenters. The molecule has 4 nitrogen and oxygen atoms in total. The number of esters is 1. The first-order valence-corrected chi connectivity index (χ1v) is 6.90. The van der Waals surface area contributed by atoms with Gasteiger partial charge in [-0.15, -0.1) is 0 Å². The number of hydrogen-bond donors (Lipinski definition) is 1. The highest BCUT2D eigenvalue weighted by Crippen LogP contribution is 2.14. The van der Waals surface area contributed by atoms with Crippen molar-refractivity contribution < 1.29 is 18.7 Å². The lowest BCUT2D eigenvalue weighted by atomic mass is 10.2. The highest BCUT2D eigenvalue weighted by Gasteiger charge is 2.14. The molecule has 0 bridgehead atoms. The van der Waals surface area contributed by atoms with Crippen molar-refractivity contribution in [3.63, 3.8) is 0 Å². The molecule has 1 aromatic carbocycles. The molecule has 1 N–H and O–H groups in total. The minimum absolute atomic E-state index is 0.161. The van der Waals surface area contributed by atoms with E-state index in [0.29, 0.717) is 5.75 Å². The van der Waals surface area contributed by atoms with Crippen LogP contribution in [0.5, 0.6) is 0 Å². The molecule has 1 atom stereocenters. The largest absolute Gasteiger partial charge is 0.469 e. The monoisotopic (exact) mass is 285 g/mol. The number of thioether (sulfide) groups is 1. The molecular weight excluding hydrogens is 269 g/mol. The number of ether oxygens (including phenoxy) is 1. The standard InChI is InChI=1S/C13H16FNO3S/c1-9(13(17)18-2)7-19-8-12(16)15-11-6-4-3-5-10(11)14/h3-6,9H,7-8H2,1-2H3,(H,15,16). The number of para-hydroxylation sites is 1. The average Bonchev–Trinajstić information content (AvgIpc) is 2.40. The topological polar surface area (TPSA) is 55.4 Å². The van der Waals surface area contributed by atoms with Gasteiger partial charge in [0.1, 0.15) is 5.82 Å². The molecule has 0 aliphatic heterocycles. The third-order valence-corrected chi connectivity index (χ3v) is 3.55. The summed E-state index contributed by atoms with van der Waals surface area (Å²) in [6.45, 7) is 1.73. The Balaban J connectivity index is 2.33. The molecule has 1 amide bonds. The number of hydrogen-bond acceptors (Lipinski definition) is 4. The van der Waals surface area contributed by atoms with Gasteiger partial charge in [-0.1, -0.05) is 19.1 Å². The van der Waals surface area contributed by atoms with Gasteiger partial charge in [0.05, 0.1) is 24.5 Å². The number of anilines is 1. The quantitative estimate of drug-likeness (QED) is 0.815. The summed E-state index contributed by atoms with van der Waals surface area (Å²) < 4.78 is 17.8. The van der Waals surface area contributed by atoms with Crippen LogP contribution < -0.4 is 5.32 Å². The van der Waals surface area contributed by atoms with E-state index in [-0.39, 0.29) is 29.2 Å². The first-order chi connectivity index (χ1) is 9.04. The van der Waals surface area contributed by atoms with Gasteiger partial charge in [0.2, 0.25) is 5.91 Å². The Morgan fingerprint density at radius 2 is 2.11 bits per heavy atom. The van der Waals surface area contributed by atoms with Crippen LogP contribution in [-0.4, -0.2) is 30.5 Å². The zero-order chi connectivity index (χ0) is 14.3. The van der Waals surface area contributed by atoms with Gasteiger partial charge in [0, 0.05) is 5.75 Å². The van der Waals surface area contributed by atoms with Crippen molar-refractivity contribution in [1.82, 2.24) is 0 Å². The van der Waals surface area contributed by atoms with Gasteiger partial charge in [-0.25, -0.2) is 4.39 Å². The molecule has 0 radical (unpaired) electrons. The number of halogens is 1. The summed E-state index contributed by atoms with van der Waals surface area (Å²) >= 11 is 1.30. The Morgan fingerprint density at radius 1 is 1.42 bits per heavy atom. The van der Waals surface area contributed by atoms with Crippen LogP contribution in [0.25, 0.3) is 0 Å². The number of rotatable bonds is 6. The SMILES string of the molecule is COC(=O)C(C)CSCC(=O)Nc1ccccc1F. The van der Waals surface area contributed by atoms with E-state index >= 15 is 0 Å². The molecule has 0 spiro atoms. The van der Waals surface area contributed by atoms with Crippen molar-refractivity contribution in [2.24, 2.45) is 5.92 Å². The third kappa shape index (κ3) is 5.30. The van der Waals surface area contributed by atoms with Gasteiger partial charge in [0.25, 0.3) is 0 Å². The lowest BCUT2D eigenvalue weighted by Gasteiger charge is -2.09. The molecule has 104 valence electrons. The summed E-state index contributed by atoms with van der Waals surface area (Å²) in [4.78, 5) is 22.7. The third-order valence-electron chi connectivity index (χ3n) is 2.35. The maximum atomic E-state index is 13.3. The fraction of sp³-hybridized carbons (Fsp3) is 0.385. The smallest absolute Gasteiger partial charge is 0.309 e. The molecule has 0 heterocycles. The predicted octanol–water partition coefficient (Wildman–Crippen LogP) is 2.31. The van der Waals surface area contributed by atoms with Crippen molar-refractivity contribution in [1.29, 1.82) is 0 Å². The first-order valence-electron chi connectivity index (χ1n) is 5.74. The molecular formula is C13H16FNO3S. The van der Waals surface area contributed by atoms with Crippen LogP contribution in [0, 0.1) is 11.7 Å². The highest BCUT2D eigenvalue weighted by atomic mass is 32.2. The van der Waals surface area contributed by atoms with Crippen LogP contribution in [0.1, 0.15) is 6.92 Å². The van der Waals surface area contributed by atoms with E-state index in [1.807, 2.05) is 0 Å². The predicted molar refractivity (Wildman–Crippen MR) is 73.5 cm³/mol. The summed E-state index contributed by atoms with van der Waals surface area (Å²) in [7, 11) is 1.33. The molecule has 0 aromatic heterocycles. The van der Waals surface area contributed by atoms with Crippen LogP contribution in [0.3, 0.4) is 0 Å². The van der Waals surface area contributed by atoms with E-state index in [1.54, 1.807) is 19.1 Å². The Hall–Kier alpha value is -1.56. The minimum Gasteiger partial charge on any atom is -0.469 e. The molecule has 0 saturated carbocycles.